The second kappa shape index (κ2) is 8.16. The Hall–Kier alpha value is -2.39. The molecule has 1 aliphatic rings. The number of halogens is 3. The average molecular weight is 426 g/mol. The molecule has 5 nitrogen and oxygen atoms in total. The molecule has 0 atom stereocenters. The SMILES string of the molecule is COC(=O)c1c(NC(=O)c2cccc(C(F)(F)F)c2)sc2c1CCN(C(C)C)C2. The van der Waals surface area contributed by atoms with Gasteiger partial charge in [-0.2, -0.15) is 13.2 Å². The van der Waals surface area contributed by atoms with E-state index >= 15 is 0 Å². The normalized spacial score (nSPS) is 14.6. The topological polar surface area (TPSA) is 58.6 Å². The first kappa shape index (κ1) is 21.3. The minimum absolute atomic E-state index is 0.134. The van der Waals surface area contributed by atoms with Crippen LogP contribution in [-0.4, -0.2) is 36.5 Å². The van der Waals surface area contributed by atoms with Crippen LogP contribution in [0, 0.1) is 0 Å². The molecule has 2 heterocycles. The molecule has 2 aromatic rings. The Morgan fingerprint density at radius 2 is 2.00 bits per heavy atom. The Balaban J connectivity index is 1.93. The number of hydrogen-bond acceptors (Lipinski definition) is 5. The molecule has 1 aromatic heterocycles. The number of anilines is 1. The second-order valence-electron chi connectivity index (χ2n) is 7.05. The largest absolute Gasteiger partial charge is 0.465 e. The highest BCUT2D eigenvalue weighted by Gasteiger charge is 2.32. The fourth-order valence-electron chi connectivity index (χ4n) is 3.28. The minimum atomic E-state index is -4.55. The first-order valence-electron chi connectivity index (χ1n) is 9.07. The number of carbonyl (C=O) groups excluding carboxylic acids is 2. The lowest BCUT2D eigenvalue weighted by molar-refractivity contribution is -0.137. The number of hydrogen-bond donors (Lipinski definition) is 1. The zero-order chi connectivity index (χ0) is 21.3. The van der Waals surface area contributed by atoms with Gasteiger partial charge in [-0.25, -0.2) is 4.79 Å². The standard InChI is InChI=1S/C20H21F3N2O3S/c1-11(2)25-8-7-14-15(10-25)29-18(16(14)19(27)28-3)24-17(26)12-5-4-6-13(9-12)20(21,22)23/h4-6,9,11H,7-8,10H2,1-3H3,(H,24,26). The van der Waals surface area contributed by atoms with Gasteiger partial charge in [0.1, 0.15) is 5.00 Å². The number of methoxy groups -OCH3 is 1. The van der Waals surface area contributed by atoms with Gasteiger partial charge in [0.25, 0.3) is 5.91 Å². The molecule has 0 spiro atoms. The molecule has 156 valence electrons. The van der Waals surface area contributed by atoms with Crippen molar-refractivity contribution in [3.05, 3.63) is 51.4 Å². The van der Waals surface area contributed by atoms with Crippen molar-refractivity contribution in [3.8, 4) is 0 Å². The van der Waals surface area contributed by atoms with E-state index in [0.717, 1.165) is 29.1 Å². The van der Waals surface area contributed by atoms with Crippen LogP contribution < -0.4 is 5.32 Å². The highest BCUT2D eigenvalue weighted by molar-refractivity contribution is 7.17. The summed E-state index contributed by atoms with van der Waals surface area (Å²) < 4.78 is 43.7. The van der Waals surface area contributed by atoms with Crippen molar-refractivity contribution in [3.63, 3.8) is 0 Å². The van der Waals surface area contributed by atoms with E-state index in [1.54, 1.807) is 0 Å². The van der Waals surface area contributed by atoms with Gasteiger partial charge in [-0.05, 0) is 44.0 Å². The Morgan fingerprint density at radius 3 is 2.62 bits per heavy atom. The monoisotopic (exact) mass is 426 g/mol. The number of carbonyl (C=O) groups is 2. The highest BCUT2D eigenvalue weighted by atomic mass is 32.1. The first-order chi connectivity index (χ1) is 13.6. The van der Waals surface area contributed by atoms with Gasteiger partial charge in [-0.1, -0.05) is 6.07 Å². The second-order valence-corrected chi connectivity index (χ2v) is 8.15. The Bertz CT molecular complexity index is 938. The van der Waals surface area contributed by atoms with Gasteiger partial charge in [0.2, 0.25) is 0 Å². The van der Waals surface area contributed by atoms with E-state index in [-0.39, 0.29) is 11.1 Å². The van der Waals surface area contributed by atoms with Gasteiger partial charge in [-0.15, -0.1) is 11.3 Å². The minimum Gasteiger partial charge on any atom is -0.465 e. The number of alkyl halides is 3. The molecule has 0 aliphatic carbocycles. The summed E-state index contributed by atoms with van der Waals surface area (Å²) in [5, 5.41) is 2.92. The summed E-state index contributed by atoms with van der Waals surface area (Å²) in [4.78, 5) is 28.2. The number of esters is 1. The van der Waals surface area contributed by atoms with Crippen LogP contribution in [0.5, 0.6) is 0 Å². The molecule has 0 saturated heterocycles. The fraction of sp³-hybridized carbons (Fsp3) is 0.400. The van der Waals surface area contributed by atoms with Gasteiger partial charge in [0.15, 0.2) is 0 Å². The smallest absolute Gasteiger partial charge is 0.416 e. The summed E-state index contributed by atoms with van der Waals surface area (Å²) in [6.07, 6.45) is -3.91. The Labute approximate surface area is 170 Å². The van der Waals surface area contributed by atoms with Crippen molar-refractivity contribution < 1.29 is 27.5 Å². The third kappa shape index (κ3) is 4.45. The zero-order valence-electron chi connectivity index (χ0n) is 16.2. The van der Waals surface area contributed by atoms with Crippen LogP contribution in [-0.2, 0) is 23.9 Å². The van der Waals surface area contributed by atoms with E-state index in [0.29, 0.717) is 24.0 Å². The van der Waals surface area contributed by atoms with Crippen molar-refractivity contribution in [2.24, 2.45) is 0 Å². The summed E-state index contributed by atoms with van der Waals surface area (Å²) >= 11 is 1.26. The summed E-state index contributed by atoms with van der Waals surface area (Å²) in [5.74, 6) is -1.28. The third-order valence-corrected chi connectivity index (χ3v) is 6.02. The van der Waals surface area contributed by atoms with Crippen LogP contribution in [0.1, 0.15) is 50.6 Å². The molecule has 0 saturated carbocycles. The molecule has 0 bridgehead atoms. The average Bonchev–Trinajstić information content (AvgIpc) is 3.03. The quantitative estimate of drug-likeness (QED) is 0.728. The molecule has 1 aliphatic heterocycles. The maximum atomic E-state index is 12.9. The van der Waals surface area contributed by atoms with Crippen molar-refractivity contribution >= 4 is 28.2 Å². The molecule has 1 N–H and O–H groups in total. The van der Waals surface area contributed by atoms with Gasteiger partial charge in [0, 0.05) is 29.6 Å². The van der Waals surface area contributed by atoms with Crippen LogP contribution in [0.2, 0.25) is 0 Å². The summed E-state index contributed by atoms with van der Waals surface area (Å²) in [5.41, 5.74) is 0.0801. The first-order valence-corrected chi connectivity index (χ1v) is 9.89. The van der Waals surface area contributed by atoms with E-state index < -0.39 is 23.6 Å². The molecule has 0 fully saturated rings. The summed E-state index contributed by atoms with van der Waals surface area (Å²) in [6, 6.07) is 4.51. The molecular formula is C20H21F3N2O3S. The Kier molecular flexibility index (Phi) is 6.00. The van der Waals surface area contributed by atoms with Gasteiger partial charge < -0.3 is 10.1 Å². The number of fused-ring (bicyclic) bond motifs is 1. The van der Waals surface area contributed by atoms with Gasteiger partial charge in [-0.3, -0.25) is 9.69 Å². The predicted octanol–water partition coefficient (Wildman–Crippen LogP) is 4.57. The van der Waals surface area contributed by atoms with Crippen LogP contribution >= 0.6 is 11.3 Å². The fourth-order valence-corrected chi connectivity index (χ4v) is 4.54. The van der Waals surface area contributed by atoms with E-state index in [1.807, 2.05) is 0 Å². The van der Waals surface area contributed by atoms with Crippen molar-refractivity contribution in [2.75, 3.05) is 19.0 Å². The van der Waals surface area contributed by atoms with E-state index in [2.05, 4.69) is 24.1 Å². The molecule has 3 rings (SSSR count). The number of ether oxygens (including phenoxy) is 1. The van der Waals surface area contributed by atoms with Gasteiger partial charge >= 0.3 is 12.1 Å². The number of thiophene rings is 1. The van der Waals surface area contributed by atoms with E-state index in [9.17, 15) is 22.8 Å². The van der Waals surface area contributed by atoms with E-state index in [1.165, 1.54) is 30.6 Å². The number of rotatable bonds is 4. The van der Waals surface area contributed by atoms with Crippen LogP contribution in [0.3, 0.4) is 0 Å². The maximum absolute atomic E-state index is 12.9. The lowest BCUT2D eigenvalue weighted by Gasteiger charge is -2.30. The summed E-state index contributed by atoms with van der Waals surface area (Å²) in [7, 11) is 1.26. The van der Waals surface area contributed by atoms with Crippen LogP contribution in [0.25, 0.3) is 0 Å². The lowest BCUT2D eigenvalue weighted by Crippen LogP contribution is -2.35. The molecule has 0 unspecified atom stereocenters. The van der Waals surface area contributed by atoms with Crippen LogP contribution in [0.15, 0.2) is 24.3 Å². The molecule has 9 heteroatoms. The number of amides is 1. The van der Waals surface area contributed by atoms with E-state index in [4.69, 9.17) is 4.74 Å². The lowest BCUT2D eigenvalue weighted by atomic mass is 10.0. The maximum Gasteiger partial charge on any atom is 0.416 e. The number of benzene rings is 1. The van der Waals surface area contributed by atoms with Crippen LogP contribution in [0.4, 0.5) is 18.2 Å². The van der Waals surface area contributed by atoms with Crippen molar-refractivity contribution in [1.82, 2.24) is 4.90 Å². The zero-order valence-corrected chi connectivity index (χ0v) is 17.0. The Morgan fingerprint density at radius 1 is 1.28 bits per heavy atom. The van der Waals surface area contributed by atoms with Gasteiger partial charge in [0.05, 0.1) is 18.2 Å². The number of nitrogens with one attached hydrogen (secondary N) is 1. The third-order valence-electron chi connectivity index (χ3n) is 4.89. The van der Waals surface area contributed by atoms with Crippen molar-refractivity contribution in [1.29, 1.82) is 0 Å². The predicted molar refractivity (Wildman–Crippen MR) is 104 cm³/mol. The molecule has 29 heavy (non-hydrogen) atoms. The molecular weight excluding hydrogens is 405 g/mol. The molecule has 1 amide bonds. The number of nitrogens with zero attached hydrogens (tertiary/aromatic N) is 1. The van der Waals surface area contributed by atoms with Crippen molar-refractivity contribution in [2.45, 2.75) is 39.0 Å². The highest BCUT2D eigenvalue weighted by Crippen LogP contribution is 2.38. The molecule has 1 aromatic carbocycles. The summed E-state index contributed by atoms with van der Waals surface area (Å²) in [6.45, 7) is 5.57. The molecule has 0 radical (unpaired) electrons.